The summed E-state index contributed by atoms with van der Waals surface area (Å²) in [5, 5.41) is 10.5. The van der Waals surface area contributed by atoms with Crippen LogP contribution in [0.3, 0.4) is 0 Å². The van der Waals surface area contributed by atoms with Gasteiger partial charge in [0.2, 0.25) is 0 Å². The Morgan fingerprint density at radius 3 is 2.14 bits per heavy atom. The molecule has 0 bridgehead atoms. The minimum absolute atomic E-state index is 0.0779. The number of benzene rings is 1. The first kappa shape index (κ1) is 17.4. The second-order valence-electron chi connectivity index (χ2n) is 5.34. The van der Waals surface area contributed by atoms with Gasteiger partial charge in [-0.05, 0) is 32.9 Å². The van der Waals surface area contributed by atoms with Gasteiger partial charge in [0.1, 0.15) is 19.0 Å². The summed E-state index contributed by atoms with van der Waals surface area (Å²) in [5.74, 6) is -0.290. The zero-order valence-electron chi connectivity index (χ0n) is 12.5. The molecule has 0 N–H and O–H groups in total. The Balaban J connectivity index is 2.32. The number of ether oxygens (including phenoxy) is 3. The predicted octanol–water partition coefficient (Wildman–Crippen LogP) is 2.70. The minimum Gasteiger partial charge on any atom is -0.462 e. The Bertz CT molecular complexity index is 545. The molecule has 0 amide bonds. The van der Waals surface area contributed by atoms with E-state index < -0.39 is 22.5 Å². The number of carbonyl (C=O) groups excluding carboxylic acids is 2. The summed E-state index contributed by atoms with van der Waals surface area (Å²) in [6.45, 7) is 4.90. The Hall–Kier alpha value is -2.64. The van der Waals surface area contributed by atoms with E-state index in [1.54, 1.807) is 20.8 Å². The number of hydrogen-bond acceptors (Lipinski definition) is 7. The van der Waals surface area contributed by atoms with E-state index in [0.29, 0.717) is 0 Å². The van der Waals surface area contributed by atoms with Gasteiger partial charge < -0.3 is 14.2 Å². The highest BCUT2D eigenvalue weighted by molar-refractivity contribution is 5.75. The van der Waals surface area contributed by atoms with Gasteiger partial charge in [0.15, 0.2) is 0 Å². The lowest BCUT2D eigenvalue weighted by atomic mass is 9.97. The van der Waals surface area contributed by atoms with Crippen molar-refractivity contribution in [3.8, 4) is 5.75 Å². The summed E-state index contributed by atoms with van der Waals surface area (Å²) in [6.07, 6.45) is -0.985. The third-order valence-electron chi connectivity index (χ3n) is 2.40. The van der Waals surface area contributed by atoms with Gasteiger partial charge in [-0.15, -0.1) is 0 Å². The number of carbonyl (C=O) groups is 2. The monoisotopic (exact) mass is 311 g/mol. The standard InChI is InChI=1S/C14H17NO7/c1-14(2,3)12(16)20-8-9-21-13(17)22-11-6-4-10(5-7-11)15(18)19/h4-7H,8-9H2,1-3H3. The Morgan fingerprint density at radius 2 is 1.64 bits per heavy atom. The molecule has 1 aromatic carbocycles. The van der Waals surface area contributed by atoms with Gasteiger partial charge in [-0.25, -0.2) is 4.79 Å². The summed E-state index contributed by atoms with van der Waals surface area (Å²) < 4.78 is 14.4. The predicted molar refractivity (Wildman–Crippen MR) is 75.5 cm³/mol. The fourth-order valence-electron chi connectivity index (χ4n) is 1.24. The lowest BCUT2D eigenvalue weighted by Crippen LogP contribution is -2.25. The van der Waals surface area contributed by atoms with Crippen LogP contribution in [0.2, 0.25) is 0 Å². The Labute approximate surface area is 127 Å². The first-order valence-corrected chi connectivity index (χ1v) is 6.46. The maximum atomic E-state index is 11.4. The van der Waals surface area contributed by atoms with E-state index in [-0.39, 0.29) is 24.7 Å². The molecule has 8 nitrogen and oxygen atoms in total. The molecule has 0 spiro atoms. The molecule has 0 atom stereocenters. The maximum absolute atomic E-state index is 11.4. The quantitative estimate of drug-likeness (QED) is 0.270. The highest BCUT2D eigenvalue weighted by Gasteiger charge is 2.22. The van der Waals surface area contributed by atoms with Crippen molar-refractivity contribution in [2.24, 2.45) is 5.41 Å². The summed E-state index contributed by atoms with van der Waals surface area (Å²) in [5.41, 5.74) is -0.742. The van der Waals surface area contributed by atoms with Crippen LogP contribution in [0.1, 0.15) is 20.8 Å². The van der Waals surface area contributed by atoms with Crippen LogP contribution in [0.25, 0.3) is 0 Å². The molecule has 22 heavy (non-hydrogen) atoms. The topological polar surface area (TPSA) is 105 Å². The lowest BCUT2D eigenvalue weighted by Gasteiger charge is -2.16. The fraction of sp³-hybridized carbons (Fsp3) is 0.429. The Morgan fingerprint density at radius 1 is 1.09 bits per heavy atom. The van der Waals surface area contributed by atoms with Crippen molar-refractivity contribution in [1.82, 2.24) is 0 Å². The van der Waals surface area contributed by atoms with Crippen molar-refractivity contribution < 1.29 is 28.7 Å². The van der Waals surface area contributed by atoms with Crippen molar-refractivity contribution in [2.45, 2.75) is 20.8 Å². The van der Waals surface area contributed by atoms with Crippen LogP contribution in [0, 0.1) is 15.5 Å². The van der Waals surface area contributed by atoms with Gasteiger partial charge in [-0.2, -0.15) is 0 Å². The van der Waals surface area contributed by atoms with Crippen molar-refractivity contribution in [3.63, 3.8) is 0 Å². The largest absolute Gasteiger partial charge is 0.513 e. The third kappa shape index (κ3) is 5.78. The molecule has 8 heteroatoms. The summed E-state index contributed by atoms with van der Waals surface area (Å²) >= 11 is 0. The number of nitrogens with zero attached hydrogens (tertiary/aromatic N) is 1. The van der Waals surface area contributed by atoms with Gasteiger partial charge in [0.05, 0.1) is 10.3 Å². The molecule has 0 unspecified atom stereocenters. The van der Waals surface area contributed by atoms with Crippen LogP contribution < -0.4 is 4.74 Å². The zero-order valence-corrected chi connectivity index (χ0v) is 12.5. The van der Waals surface area contributed by atoms with Crippen LogP contribution >= 0.6 is 0 Å². The minimum atomic E-state index is -0.985. The highest BCUT2D eigenvalue weighted by Crippen LogP contribution is 2.18. The number of esters is 1. The van der Waals surface area contributed by atoms with E-state index in [2.05, 4.69) is 0 Å². The molecule has 0 aliphatic rings. The SMILES string of the molecule is CC(C)(C)C(=O)OCCOC(=O)Oc1ccc([N+](=O)[O-])cc1. The van der Waals surface area contributed by atoms with E-state index in [4.69, 9.17) is 14.2 Å². The average Bonchev–Trinajstić information content (AvgIpc) is 2.42. The first-order chi connectivity index (χ1) is 10.2. The van der Waals surface area contributed by atoms with Crippen LogP contribution in [0.4, 0.5) is 10.5 Å². The number of rotatable bonds is 5. The number of hydrogen-bond donors (Lipinski definition) is 0. The molecule has 1 aromatic rings. The van der Waals surface area contributed by atoms with Gasteiger partial charge in [-0.1, -0.05) is 0 Å². The van der Waals surface area contributed by atoms with Crippen molar-refractivity contribution in [2.75, 3.05) is 13.2 Å². The molecule has 120 valence electrons. The zero-order chi connectivity index (χ0) is 16.8. The third-order valence-corrected chi connectivity index (χ3v) is 2.40. The second-order valence-corrected chi connectivity index (χ2v) is 5.34. The molecule has 0 aliphatic carbocycles. The molecular formula is C14H17NO7. The maximum Gasteiger partial charge on any atom is 0.513 e. The van der Waals surface area contributed by atoms with Gasteiger partial charge in [-0.3, -0.25) is 14.9 Å². The molecular weight excluding hydrogens is 294 g/mol. The lowest BCUT2D eigenvalue weighted by molar-refractivity contribution is -0.384. The number of nitro groups is 1. The van der Waals surface area contributed by atoms with E-state index in [9.17, 15) is 19.7 Å². The fourth-order valence-corrected chi connectivity index (χ4v) is 1.24. The van der Waals surface area contributed by atoms with Crippen LogP contribution in [0.15, 0.2) is 24.3 Å². The van der Waals surface area contributed by atoms with E-state index >= 15 is 0 Å². The van der Waals surface area contributed by atoms with Crippen molar-refractivity contribution in [1.29, 1.82) is 0 Å². The van der Waals surface area contributed by atoms with E-state index in [1.807, 2.05) is 0 Å². The average molecular weight is 311 g/mol. The van der Waals surface area contributed by atoms with E-state index in [1.165, 1.54) is 24.3 Å². The molecule has 0 fully saturated rings. The summed E-state index contributed by atoms with van der Waals surface area (Å²) in [4.78, 5) is 32.7. The Kier molecular flexibility index (Phi) is 5.85. The second kappa shape index (κ2) is 7.39. The smallest absolute Gasteiger partial charge is 0.462 e. The van der Waals surface area contributed by atoms with Gasteiger partial charge in [0.25, 0.3) is 5.69 Å². The van der Waals surface area contributed by atoms with Gasteiger partial charge in [0, 0.05) is 12.1 Å². The summed E-state index contributed by atoms with van der Waals surface area (Å²) in [7, 11) is 0. The summed E-state index contributed by atoms with van der Waals surface area (Å²) in [6, 6.07) is 4.96. The van der Waals surface area contributed by atoms with Crippen molar-refractivity contribution in [3.05, 3.63) is 34.4 Å². The highest BCUT2D eigenvalue weighted by atomic mass is 16.7. The first-order valence-electron chi connectivity index (χ1n) is 6.46. The molecule has 0 heterocycles. The normalized spacial score (nSPS) is 10.7. The molecule has 0 saturated carbocycles. The molecule has 0 aromatic heterocycles. The molecule has 1 rings (SSSR count). The molecule has 0 saturated heterocycles. The van der Waals surface area contributed by atoms with Crippen LogP contribution in [0.5, 0.6) is 5.75 Å². The van der Waals surface area contributed by atoms with E-state index in [0.717, 1.165) is 0 Å². The van der Waals surface area contributed by atoms with Crippen LogP contribution in [-0.2, 0) is 14.3 Å². The molecule has 0 aliphatic heterocycles. The number of non-ortho nitro benzene ring substituents is 1. The number of nitro benzene ring substituents is 1. The van der Waals surface area contributed by atoms with Gasteiger partial charge >= 0.3 is 12.1 Å². The van der Waals surface area contributed by atoms with Crippen LogP contribution in [-0.4, -0.2) is 30.3 Å². The van der Waals surface area contributed by atoms with Crippen molar-refractivity contribution >= 4 is 17.8 Å². The molecule has 0 radical (unpaired) electrons.